The Morgan fingerprint density at radius 2 is 1.85 bits per heavy atom. The maximum atomic E-state index is 10.6. The van der Waals surface area contributed by atoms with Crippen LogP contribution in [0.1, 0.15) is 57.8 Å². The van der Waals surface area contributed by atoms with Gasteiger partial charge in [-0.05, 0) is 75.3 Å². The van der Waals surface area contributed by atoms with Crippen LogP contribution in [0.2, 0.25) is 0 Å². The minimum absolute atomic E-state index is 0.280. The zero-order valence-corrected chi connectivity index (χ0v) is 16.9. The second-order valence-electron chi connectivity index (χ2n) is 7.77. The summed E-state index contributed by atoms with van der Waals surface area (Å²) in [6, 6.07) is 10.1. The summed E-state index contributed by atoms with van der Waals surface area (Å²) in [5.74, 6) is 1.96. The van der Waals surface area contributed by atoms with E-state index in [4.69, 9.17) is 9.84 Å². The van der Waals surface area contributed by atoms with Gasteiger partial charge in [0.1, 0.15) is 5.75 Å². The summed E-state index contributed by atoms with van der Waals surface area (Å²) in [7, 11) is 0. The van der Waals surface area contributed by atoms with Crippen molar-refractivity contribution in [3.8, 4) is 5.75 Å². The van der Waals surface area contributed by atoms with Crippen LogP contribution in [0, 0.1) is 11.8 Å². The largest absolute Gasteiger partial charge is 0.494 e. The van der Waals surface area contributed by atoms with E-state index in [2.05, 4.69) is 23.9 Å². The van der Waals surface area contributed by atoms with Gasteiger partial charge >= 0.3 is 5.97 Å². The van der Waals surface area contributed by atoms with Gasteiger partial charge in [0, 0.05) is 16.9 Å². The van der Waals surface area contributed by atoms with Crippen LogP contribution in [-0.4, -0.2) is 28.2 Å². The van der Waals surface area contributed by atoms with Crippen molar-refractivity contribution in [3.63, 3.8) is 0 Å². The molecule has 2 heterocycles. The smallest absolute Gasteiger partial charge is 0.303 e. The number of unbranched alkanes of at least 4 members (excludes halogenated alkanes) is 2. The summed E-state index contributed by atoms with van der Waals surface area (Å²) in [6.45, 7) is 0.812. The molecule has 27 heavy (non-hydrogen) atoms. The molecule has 3 rings (SSSR count). The van der Waals surface area contributed by atoms with Crippen molar-refractivity contribution in [1.82, 2.24) is 0 Å². The average Bonchev–Trinajstić information content (AvgIpc) is 3.27. The van der Waals surface area contributed by atoms with Crippen molar-refractivity contribution in [1.29, 1.82) is 0 Å². The van der Waals surface area contributed by atoms with E-state index in [0.29, 0.717) is 0 Å². The van der Waals surface area contributed by atoms with Gasteiger partial charge in [0.2, 0.25) is 0 Å². The fourth-order valence-electron chi connectivity index (χ4n) is 4.53. The summed E-state index contributed by atoms with van der Waals surface area (Å²) in [6.07, 6.45) is 14.1. The molecule has 0 amide bonds. The third-order valence-corrected chi connectivity index (χ3v) is 7.74. The van der Waals surface area contributed by atoms with E-state index >= 15 is 0 Å². The molecule has 2 bridgehead atoms. The summed E-state index contributed by atoms with van der Waals surface area (Å²) in [5.41, 5.74) is 0. The predicted octanol–water partition coefficient (Wildman–Crippen LogP) is 5.95. The van der Waals surface area contributed by atoms with E-state index in [1.54, 1.807) is 0 Å². The fraction of sp³-hybridized carbons (Fsp3) is 0.609. The molecule has 0 saturated carbocycles. The molecular formula is C23H32O3S. The Labute approximate surface area is 167 Å². The average molecular weight is 389 g/mol. The highest BCUT2D eigenvalue weighted by atomic mass is 32.2. The number of fused-ring (bicyclic) bond motifs is 2. The number of rotatable bonds is 12. The number of aliphatic carboxylic acids is 1. The quantitative estimate of drug-likeness (QED) is 0.355. The molecule has 0 aromatic heterocycles. The molecule has 4 atom stereocenters. The molecule has 2 fully saturated rings. The summed E-state index contributed by atoms with van der Waals surface area (Å²) >= 11 is 2.24. The van der Waals surface area contributed by atoms with Crippen LogP contribution in [0.15, 0.2) is 42.5 Å². The highest BCUT2D eigenvalue weighted by Gasteiger charge is 2.46. The molecule has 1 N–H and O–H groups in total. The number of carbonyl (C=O) groups is 1. The molecule has 2 saturated heterocycles. The molecule has 2 aliphatic heterocycles. The monoisotopic (exact) mass is 388 g/mol. The highest BCUT2D eigenvalue weighted by Crippen LogP contribution is 2.55. The van der Waals surface area contributed by atoms with Crippen LogP contribution < -0.4 is 4.74 Å². The molecular weight excluding hydrogens is 356 g/mol. The first-order valence-corrected chi connectivity index (χ1v) is 11.4. The molecule has 1 aromatic carbocycles. The Morgan fingerprint density at radius 1 is 1.07 bits per heavy atom. The van der Waals surface area contributed by atoms with Crippen molar-refractivity contribution in [3.05, 3.63) is 42.5 Å². The number of para-hydroxylation sites is 1. The molecule has 1 aromatic rings. The lowest BCUT2D eigenvalue weighted by Crippen LogP contribution is -2.26. The van der Waals surface area contributed by atoms with Gasteiger partial charge in [-0.2, -0.15) is 11.8 Å². The van der Waals surface area contributed by atoms with Gasteiger partial charge in [0.05, 0.1) is 6.61 Å². The first-order chi connectivity index (χ1) is 13.2. The summed E-state index contributed by atoms with van der Waals surface area (Å²) in [4.78, 5) is 10.6. The van der Waals surface area contributed by atoms with Gasteiger partial charge in [0.25, 0.3) is 0 Å². The van der Waals surface area contributed by atoms with Gasteiger partial charge < -0.3 is 9.84 Å². The summed E-state index contributed by atoms with van der Waals surface area (Å²) < 4.78 is 5.82. The number of hydrogen-bond donors (Lipinski definition) is 1. The van der Waals surface area contributed by atoms with Crippen LogP contribution in [0.3, 0.4) is 0 Å². The number of carboxylic acids is 1. The van der Waals surface area contributed by atoms with Crippen LogP contribution >= 0.6 is 11.8 Å². The lowest BCUT2D eigenvalue weighted by molar-refractivity contribution is -0.137. The third kappa shape index (κ3) is 6.31. The molecule has 4 heteroatoms. The number of allylic oxidation sites excluding steroid dienone is 2. The van der Waals surface area contributed by atoms with E-state index in [1.165, 1.54) is 32.1 Å². The number of carboxylic acid groups (broad SMARTS) is 1. The maximum Gasteiger partial charge on any atom is 0.303 e. The lowest BCUT2D eigenvalue weighted by Gasteiger charge is -2.29. The SMILES string of the molecule is O=C(O)CCCC=CC[C@@H]1[C@H](CCCCOc2ccccc2)[C@@H]2CC[C@H]1S2. The fourth-order valence-corrected chi connectivity index (χ4v) is 6.58. The Balaban J connectivity index is 1.35. The van der Waals surface area contributed by atoms with Gasteiger partial charge in [-0.1, -0.05) is 30.4 Å². The van der Waals surface area contributed by atoms with Crippen LogP contribution in [0.25, 0.3) is 0 Å². The van der Waals surface area contributed by atoms with Crippen molar-refractivity contribution in [2.24, 2.45) is 11.8 Å². The minimum Gasteiger partial charge on any atom is -0.494 e. The molecule has 0 unspecified atom stereocenters. The minimum atomic E-state index is -0.691. The number of thioether (sulfide) groups is 1. The van der Waals surface area contributed by atoms with Crippen LogP contribution in [0.4, 0.5) is 0 Å². The van der Waals surface area contributed by atoms with Gasteiger partial charge in [0.15, 0.2) is 0 Å². The molecule has 0 spiro atoms. The Bertz CT molecular complexity index is 601. The van der Waals surface area contributed by atoms with E-state index in [0.717, 1.165) is 54.0 Å². The maximum absolute atomic E-state index is 10.6. The topological polar surface area (TPSA) is 46.5 Å². The van der Waals surface area contributed by atoms with Gasteiger partial charge in [-0.3, -0.25) is 4.79 Å². The van der Waals surface area contributed by atoms with Crippen LogP contribution in [-0.2, 0) is 4.79 Å². The third-order valence-electron chi connectivity index (χ3n) is 5.87. The summed E-state index contributed by atoms with van der Waals surface area (Å²) in [5, 5.41) is 10.4. The van der Waals surface area contributed by atoms with E-state index in [1.807, 2.05) is 30.3 Å². The number of benzene rings is 1. The zero-order valence-electron chi connectivity index (χ0n) is 16.1. The highest BCUT2D eigenvalue weighted by molar-refractivity contribution is 8.01. The molecule has 0 aliphatic carbocycles. The normalized spacial score (nSPS) is 26.7. The first kappa shape index (κ1) is 20.3. The van der Waals surface area contributed by atoms with Crippen molar-refractivity contribution in [2.75, 3.05) is 6.61 Å². The molecule has 0 radical (unpaired) electrons. The number of ether oxygens (including phenoxy) is 1. The first-order valence-electron chi connectivity index (χ1n) is 10.4. The van der Waals surface area contributed by atoms with Crippen LogP contribution in [0.5, 0.6) is 5.75 Å². The Kier molecular flexibility index (Phi) is 8.12. The molecule has 2 aliphatic rings. The van der Waals surface area contributed by atoms with Crippen molar-refractivity contribution in [2.45, 2.75) is 68.3 Å². The Morgan fingerprint density at radius 3 is 2.63 bits per heavy atom. The van der Waals surface area contributed by atoms with Gasteiger partial charge in [-0.25, -0.2) is 0 Å². The Hall–Kier alpha value is -1.42. The number of hydrogen-bond acceptors (Lipinski definition) is 3. The van der Waals surface area contributed by atoms with E-state index < -0.39 is 5.97 Å². The van der Waals surface area contributed by atoms with Crippen molar-refractivity contribution < 1.29 is 14.6 Å². The standard InChI is InChI=1S/C23H32O3S/c24-23(25)14-7-2-1-6-12-19-20(22-16-15-21(19)27-22)13-8-9-17-26-18-10-4-3-5-11-18/h1,3-6,10-11,19-22H,2,7-9,12-17H2,(H,24,25)/t19-,20+,21-,22+/m1/s1. The second kappa shape index (κ2) is 10.8. The molecule has 148 valence electrons. The lowest BCUT2D eigenvalue weighted by atomic mass is 9.75. The second-order valence-corrected chi connectivity index (χ2v) is 9.25. The van der Waals surface area contributed by atoms with Crippen molar-refractivity contribution >= 4 is 17.7 Å². The van der Waals surface area contributed by atoms with E-state index in [-0.39, 0.29) is 6.42 Å². The molecule has 3 nitrogen and oxygen atoms in total. The van der Waals surface area contributed by atoms with E-state index in [9.17, 15) is 4.79 Å². The zero-order chi connectivity index (χ0) is 18.9. The predicted molar refractivity (Wildman–Crippen MR) is 112 cm³/mol. The van der Waals surface area contributed by atoms with Gasteiger partial charge in [-0.15, -0.1) is 0 Å².